The van der Waals surface area contributed by atoms with Crippen molar-refractivity contribution in [1.82, 2.24) is 9.97 Å². The van der Waals surface area contributed by atoms with Gasteiger partial charge in [-0.3, -0.25) is 4.79 Å². The van der Waals surface area contributed by atoms with Crippen molar-refractivity contribution in [2.24, 2.45) is 11.8 Å². The van der Waals surface area contributed by atoms with Crippen molar-refractivity contribution < 1.29 is 4.74 Å². The third-order valence-corrected chi connectivity index (χ3v) is 4.24. The lowest BCUT2D eigenvalue weighted by atomic mass is 10.1. The predicted molar refractivity (Wildman–Crippen MR) is 78.6 cm³/mol. The van der Waals surface area contributed by atoms with E-state index in [0.29, 0.717) is 21.2 Å². The van der Waals surface area contributed by atoms with E-state index in [0.717, 1.165) is 25.0 Å². The fourth-order valence-corrected chi connectivity index (χ4v) is 2.58. The molecule has 0 aromatic carbocycles. The van der Waals surface area contributed by atoms with Crippen molar-refractivity contribution in [3.05, 3.63) is 25.4 Å². The molecular weight excluding hydrogens is 343 g/mol. The number of hydrogen-bond acceptors (Lipinski definition) is 3. The second-order valence-electron chi connectivity index (χ2n) is 5.30. The molecule has 0 radical (unpaired) electrons. The fourth-order valence-electron chi connectivity index (χ4n) is 2.11. The Bertz CT molecular complexity index is 480. The van der Waals surface area contributed by atoms with Crippen molar-refractivity contribution >= 4 is 22.6 Å². The first-order valence-electron chi connectivity index (χ1n) is 6.34. The smallest absolute Gasteiger partial charge is 0.264 e. The average Bonchev–Trinajstić information content (AvgIpc) is 3.10. The SMILES string of the molecule is COC(c1nc(CC(C)C)c(I)c(=O)[nH]1)C1CC1. The summed E-state index contributed by atoms with van der Waals surface area (Å²) in [5.74, 6) is 1.70. The molecule has 0 saturated heterocycles. The van der Waals surface area contributed by atoms with E-state index in [1.165, 1.54) is 0 Å². The van der Waals surface area contributed by atoms with Crippen molar-refractivity contribution in [3.8, 4) is 0 Å². The highest BCUT2D eigenvalue weighted by Crippen LogP contribution is 2.41. The van der Waals surface area contributed by atoms with Gasteiger partial charge in [-0.1, -0.05) is 13.8 Å². The molecule has 1 aromatic heterocycles. The molecule has 4 nitrogen and oxygen atoms in total. The largest absolute Gasteiger partial charge is 0.373 e. The van der Waals surface area contributed by atoms with Crippen LogP contribution in [0, 0.1) is 15.4 Å². The van der Waals surface area contributed by atoms with Gasteiger partial charge in [0, 0.05) is 7.11 Å². The summed E-state index contributed by atoms with van der Waals surface area (Å²) >= 11 is 2.08. The van der Waals surface area contributed by atoms with Gasteiger partial charge in [0.05, 0.1) is 9.26 Å². The first kappa shape index (κ1) is 14.0. The van der Waals surface area contributed by atoms with Gasteiger partial charge in [-0.2, -0.15) is 0 Å². The van der Waals surface area contributed by atoms with Crippen molar-refractivity contribution in [2.45, 2.75) is 39.2 Å². The topological polar surface area (TPSA) is 55.0 Å². The summed E-state index contributed by atoms with van der Waals surface area (Å²) in [6.45, 7) is 4.26. The molecule has 5 heteroatoms. The maximum atomic E-state index is 11.9. The molecule has 1 aliphatic carbocycles. The number of nitrogens with one attached hydrogen (secondary N) is 1. The van der Waals surface area contributed by atoms with Gasteiger partial charge in [-0.15, -0.1) is 0 Å². The number of hydrogen-bond donors (Lipinski definition) is 1. The van der Waals surface area contributed by atoms with Gasteiger partial charge in [0.15, 0.2) is 0 Å². The minimum absolute atomic E-state index is 0.0426. The molecule has 1 N–H and O–H groups in total. The van der Waals surface area contributed by atoms with E-state index in [1.807, 2.05) is 0 Å². The second-order valence-corrected chi connectivity index (χ2v) is 6.38. The van der Waals surface area contributed by atoms with Crippen LogP contribution in [0.3, 0.4) is 0 Å². The number of aromatic nitrogens is 2. The number of aromatic amines is 1. The van der Waals surface area contributed by atoms with E-state index in [1.54, 1.807) is 7.11 Å². The number of halogens is 1. The minimum Gasteiger partial charge on any atom is -0.373 e. The lowest BCUT2D eigenvalue weighted by Gasteiger charge is -2.15. The molecule has 0 bridgehead atoms. The molecule has 0 aliphatic heterocycles. The highest BCUT2D eigenvalue weighted by Gasteiger charge is 2.34. The summed E-state index contributed by atoms with van der Waals surface area (Å²) in [5.41, 5.74) is 0.853. The molecule has 1 saturated carbocycles. The Morgan fingerprint density at radius 2 is 2.17 bits per heavy atom. The molecule has 1 unspecified atom stereocenters. The summed E-state index contributed by atoms with van der Waals surface area (Å²) in [5, 5.41) is 0. The summed E-state index contributed by atoms with van der Waals surface area (Å²) in [6, 6.07) is 0. The summed E-state index contributed by atoms with van der Waals surface area (Å²) in [6.07, 6.45) is 3.10. The van der Waals surface area contributed by atoms with E-state index in [2.05, 4.69) is 46.4 Å². The number of H-pyrrole nitrogens is 1. The number of methoxy groups -OCH3 is 1. The van der Waals surface area contributed by atoms with Crippen molar-refractivity contribution in [2.75, 3.05) is 7.11 Å². The number of rotatable bonds is 5. The molecule has 100 valence electrons. The van der Waals surface area contributed by atoms with Gasteiger partial charge in [0.1, 0.15) is 11.9 Å². The Kier molecular flexibility index (Phi) is 4.42. The van der Waals surface area contributed by atoms with E-state index in [-0.39, 0.29) is 11.7 Å². The molecule has 18 heavy (non-hydrogen) atoms. The lowest BCUT2D eigenvalue weighted by Crippen LogP contribution is -2.22. The van der Waals surface area contributed by atoms with Crippen LogP contribution >= 0.6 is 22.6 Å². The monoisotopic (exact) mass is 362 g/mol. The molecule has 0 spiro atoms. The zero-order chi connectivity index (χ0) is 13.3. The molecule has 2 rings (SSSR count). The van der Waals surface area contributed by atoms with Crippen LogP contribution < -0.4 is 5.56 Å². The Morgan fingerprint density at radius 3 is 2.67 bits per heavy atom. The van der Waals surface area contributed by atoms with E-state index < -0.39 is 0 Å². The molecule has 1 aromatic rings. The maximum absolute atomic E-state index is 11.9. The van der Waals surface area contributed by atoms with Crippen LogP contribution in [0.1, 0.15) is 44.3 Å². The van der Waals surface area contributed by atoms with Crippen LogP contribution in [0.2, 0.25) is 0 Å². The molecule has 1 heterocycles. The number of nitrogens with zero attached hydrogens (tertiary/aromatic N) is 1. The summed E-state index contributed by atoms with van der Waals surface area (Å²) < 4.78 is 6.18. The zero-order valence-electron chi connectivity index (χ0n) is 11.0. The van der Waals surface area contributed by atoms with Gasteiger partial charge in [-0.25, -0.2) is 4.98 Å². The highest BCUT2D eigenvalue weighted by molar-refractivity contribution is 14.1. The van der Waals surface area contributed by atoms with Gasteiger partial charge in [-0.05, 0) is 53.7 Å². The quantitative estimate of drug-likeness (QED) is 0.820. The minimum atomic E-state index is -0.0550. The highest BCUT2D eigenvalue weighted by atomic mass is 127. The van der Waals surface area contributed by atoms with Gasteiger partial charge in [0.2, 0.25) is 0 Å². The van der Waals surface area contributed by atoms with E-state index in [9.17, 15) is 4.79 Å². The van der Waals surface area contributed by atoms with Gasteiger partial charge >= 0.3 is 0 Å². The zero-order valence-corrected chi connectivity index (χ0v) is 13.2. The fraction of sp³-hybridized carbons (Fsp3) is 0.692. The van der Waals surface area contributed by atoms with Crippen molar-refractivity contribution in [1.29, 1.82) is 0 Å². The van der Waals surface area contributed by atoms with Crippen LogP contribution in [0.15, 0.2) is 4.79 Å². The van der Waals surface area contributed by atoms with Crippen LogP contribution in [-0.4, -0.2) is 17.1 Å². The average molecular weight is 362 g/mol. The van der Waals surface area contributed by atoms with Crippen molar-refractivity contribution in [3.63, 3.8) is 0 Å². The van der Waals surface area contributed by atoms with Crippen LogP contribution in [0.5, 0.6) is 0 Å². The Morgan fingerprint density at radius 1 is 1.50 bits per heavy atom. The van der Waals surface area contributed by atoms with Gasteiger partial charge in [0.25, 0.3) is 5.56 Å². The van der Waals surface area contributed by atoms with Gasteiger partial charge < -0.3 is 9.72 Å². The second kappa shape index (κ2) is 5.69. The molecule has 1 aliphatic rings. The molecular formula is C13H19IN2O2. The predicted octanol–water partition coefficient (Wildman–Crippen LogP) is 2.67. The third-order valence-electron chi connectivity index (χ3n) is 3.12. The Balaban J connectivity index is 2.36. The Labute approximate surface area is 121 Å². The van der Waals surface area contributed by atoms with Crippen LogP contribution in [0.25, 0.3) is 0 Å². The van der Waals surface area contributed by atoms with Crippen LogP contribution in [0.4, 0.5) is 0 Å². The third kappa shape index (κ3) is 3.12. The molecule has 1 fully saturated rings. The maximum Gasteiger partial charge on any atom is 0.264 e. The normalized spacial score (nSPS) is 17.2. The van der Waals surface area contributed by atoms with E-state index in [4.69, 9.17) is 4.74 Å². The molecule has 1 atom stereocenters. The van der Waals surface area contributed by atoms with Crippen LogP contribution in [-0.2, 0) is 11.2 Å². The lowest BCUT2D eigenvalue weighted by molar-refractivity contribution is 0.0767. The first-order valence-corrected chi connectivity index (χ1v) is 7.42. The summed E-state index contributed by atoms with van der Waals surface area (Å²) in [4.78, 5) is 19.4. The first-order chi connectivity index (χ1) is 8.52. The molecule has 0 amide bonds. The standard InChI is InChI=1S/C13H19IN2O2/c1-7(2)6-9-10(14)13(17)16-12(15-9)11(18-3)8-4-5-8/h7-8,11H,4-6H2,1-3H3,(H,15,16,17). The number of ether oxygens (including phenoxy) is 1. The summed E-state index contributed by atoms with van der Waals surface area (Å²) in [7, 11) is 1.68. The Hall–Kier alpha value is -0.430. The van der Waals surface area contributed by atoms with E-state index >= 15 is 0 Å².